The number of para-hydroxylation sites is 1. The molecule has 0 aliphatic carbocycles. The zero-order chi connectivity index (χ0) is 19.9. The molecule has 0 saturated carbocycles. The predicted octanol–water partition coefficient (Wildman–Crippen LogP) is 4.01. The van der Waals surface area contributed by atoms with Gasteiger partial charge in [0.2, 0.25) is 0 Å². The Bertz CT molecular complexity index is 735. The van der Waals surface area contributed by atoms with Gasteiger partial charge in [-0.05, 0) is 43.4 Å². The minimum Gasteiger partial charge on any atom is -0.372 e. The third kappa shape index (κ3) is 5.00. The second kappa shape index (κ2) is 9.85. The van der Waals surface area contributed by atoms with Gasteiger partial charge >= 0.3 is 0 Å². The van der Waals surface area contributed by atoms with Crippen LogP contribution in [0, 0.1) is 5.92 Å². The lowest BCUT2D eigenvalue weighted by atomic mass is 9.91. The summed E-state index contributed by atoms with van der Waals surface area (Å²) in [5.74, 6) is 0.445. The van der Waals surface area contributed by atoms with E-state index in [0.717, 1.165) is 38.2 Å². The van der Waals surface area contributed by atoms with Crippen LogP contribution in [0.3, 0.4) is 0 Å². The third-order valence-electron chi connectivity index (χ3n) is 5.81. The second-order valence-electron chi connectivity index (χ2n) is 7.79. The molecule has 2 aromatic rings. The maximum Gasteiger partial charge on any atom is 0.256 e. The number of hydrogen-bond acceptors (Lipinski definition) is 3. The normalized spacial score (nSPS) is 21.2. The summed E-state index contributed by atoms with van der Waals surface area (Å²) < 4.78 is 5.35. The van der Waals surface area contributed by atoms with Crippen molar-refractivity contribution in [3.63, 3.8) is 0 Å². The average molecular weight is 381 g/mol. The Morgan fingerprint density at radius 1 is 1.14 bits per heavy atom. The molecule has 0 radical (unpaired) electrons. The highest BCUT2D eigenvalue weighted by Gasteiger charge is 2.35. The van der Waals surface area contributed by atoms with E-state index in [1.807, 2.05) is 42.2 Å². The Kier molecular flexibility index (Phi) is 7.24. The molecule has 0 bridgehead atoms. The summed E-state index contributed by atoms with van der Waals surface area (Å²) in [5.41, 5.74) is 2.35. The molecule has 1 fully saturated rings. The Morgan fingerprint density at radius 2 is 1.79 bits per heavy atom. The quantitative estimate of drug-likeness (QED) is 0.728. The first-order valence-electron chi connectivity index (χ1n) is 10.3. The molecule has 1 unspecified atom stereocenters. The highest BCUT2D eigenvalue weighted by molar-refractivity contribution is 5.97. The molecule has 1 aliphatic rings. The van der Waals surface area contributed by atoms with Gasteiger partial charge in [0.05, 0.1) is 0 Å². The molecule has 4 nitrogen and oxygen atoms in total. The van der Waals surface area contributed by atoms with Crippen molar-refractivity contribution in [1.29, 1.82) is 0 Å². The summed E-state index contributed by atoms with van der Waals surface area (Å²) in [6.07, 6.45) is 1.61. The minimum atomic E-state index is -0.441. The maximum atomic E-state index is 13.1. The zero-order valence-corrected chi connectivity index (χ0v) is 17.3. The van der Waals surface area contributed by atoms with E-state index in [2.05, 4.69) is 42.2 Å². The summed E-state index contributed by atoms with van der Waals surface area (Å²) in [6.45, 7) is 7.18. The molecule has 0 N–H and O–H groups in total. The van der Waals surface area contributed by atoms with Gasteiger partial charge in [0.25, 0.3) is 5.91 Å². The molecular weight excluding hydrogens is 348 g/mol. The molecule has 150 valence electrons. The van der Waals surface area contributed by atoms with Crippen molar-refractivity contribution in [2.45, 2.75) is 38.8 Å². The summed E-state index contributed by atoms with van der Waals surface area (Å²) in [4.78, 5) is 17.6. The molecule has 0 spiro atoms. The first-order valence-corrected chi connectivity index (χ1v) is 10.3. The molecular formula is C24H32N2O2. The van der Waals surface area contributed by atoms with Gasteiger partial charge in [-0.2, -0.15) is 0 Å². The van der Waals surface area contributed by atoms with Gasteiger partial charge in [-0.3, -0.25) is 4.79 Å². The standard InChI is InChI=1S/C24H32N2O2/c1-19-18-25(16-14-21-10-6-4-7-11-21)17-15-23(19)26(24(27)20(2)28-3)22-12-8-5-9-13-22/h4-13,19-20,23H,14-18H2,1-3H3/t19-,20?,23+/m0/s1. The number of carbonyl (C=O) groups excluding carboxylic acids is 1. The monoisotopic (exact) mass is 380 g/mol. The fourth-order valence-corrected chi connectivity index (χ4v) is 4.11. The van der Waals surface area contributed by atoms with Crippen LogP contribution in [0.5, 0.6) is 0 Å². The number of ether oxygens (including phenoxy) is 1. The lowest BCUT2D eigenvalue weighted by Gasteiger charge is -2.43. The van der Waals surface area contributed by atoms with Gasteiger partial charge in [0.15, 0.2) is 0 Å². The Morgan fingerprint density at radius 3 is 2.39 bits per heavy atom. The number of rotatable bonds is 7. The van der Waals surface area contributed by atoms with Crippen molar-refractivity contribution in [3.05, 3.63) is 66.2 Å². The SMILES string of the molecule is COC(C)C(=O)N(c1ccccc1)[C@@H]1CCN(CCc2ccccc2)C[C@@H]1C. The van der Waals surface area contributed by atoms with Crippen molar-refractivity contribution in [1.82, 2.24) is 4.90 Å². The highest BCUT2D eigenvalue weighted by Crippen LogP contribution is 2.28. The average Bonchev–Trinajstić information content (AvgIpc) is 2.74. The molecule has 1 heterocycles. The maximum absolute atomic E-state index is 13.1. The van der Waals surface area contributed by atoms with E-state index in [-0.39, 0.29) is 11.9 Å². The van der Waals surface area contributed by atoms with Crippen LogP contribution in [-0.4, -0.2) is 49.7 Å². The number of methoxy groups -OCH3 is 1. The number of benzene rings is 2. The van der Waals surface area contributed by atoms with Gasteiger partial charge in [0, 0.05) is 38.5 Å². The second-order valence-corrected chi connectivity index (χ2v) is 7.79. The van der Waals surface area contributed by atoms with Crippen LogP contribution >= 0.6 is 0 Å². The van der Waals surface area contributed by atoms with E-state index >= 15 is 0 Å². The number of piperidine rings is 1. The number of anilines is 1. The van der Waals surface area contributed by atoms with Crippen LogP contribution in [0.1, 0.15) is 25.8 Å². The van der Waals surface area contributed by atoms with Gasteiger partial charge in [-0.1, -0.05) is 55.5 Å². The molecule has 1 saturated heterocycles. The summed E-state index contributed by atoms with van der Waals surface area (Å²) >= 11 is 0. The van der Waals surface area contributed by atoms with E-state index in [0.29, 0.717) is 5.92 Å². The predicted molar refractivity (Wildman–Crippen MR) is 115 cm³/mol. The lowest BCUT2D eigenvalue weighted by Crippen LogP contribution is -2.54. The number of amides is 1. The molecule has 1 aliphatic heterocycles. The van der Waals surface area contributed by atoms with E-state index < -0.39 is 6.10 Å². The summed E-state index contributed by atoms with van der Waals surface area (Å²) in [7, 11) is 1.60. The van der Waals surface area contributed by atoms with E-state index in [1.165, 1.54) is 5.56 Å². The van der Waals surface area contributed by atoms with Crippen LogP contribution < -0.4 is 4.90 Å². The van der Waals surface area contributed by atoms with Crippen LogP contribution in [0.25, 0.3) is 0 Å². The van der Waals surface area contributed by atoms with Crippen LogP contribution in [-0.2, 0) is 16.0 Å². The van der Waals surface area contributed by atoms with Crippen LogP contribution in [0.15, 0.2) is 60.7 Å². The first kappa shape index (κ1) is 20.6. The fourth-order valence-electron chi connectivity index (χ4n) is 4.11. The zero-order valence-electron chi connectivity index (χ0n) is 17.3. The third-order valence-corrected chi connectivity index (χ3v) is 5.81. The van der Waals surface area contributed by atoms with E-state index in [9.17, 15) is 4.79 Å². The first-order chi connectivity index (χ1) is 13.6. The molecule has 3 rings (SSSR count). The minimum absolute atomic E-state index is 0.0447. The van der Waals surface area contributed by atoms with Crippen molar-refractivity contribution in [2.75, 3.05) is 31.6 Å². The van der Waals surface area contributed by atoms with E-state index in [1.54, 1.807) is 7.11 Å². The van der Waals surface area contributed by atoms with Crippen LogP contribution in [0.4, 0.5) is 5.69 Å². The fraction of sp³-hybridized carbons (Fsp3) is 0.458. The largest absolute Gasteiger partial charge is 0.372 e. The topological polar surface area (TPSA) is 32.8 Å². The number of nitrogens with zero attached hydrogens (tertiary/aromatic N) is 2. The summed E-state index contributed by atoms with van der Waals surface area (Å²) in [5, 5.41) is 0. The van der Waals surface area contributed by atoms with Crippen molar-refractivity contribution < 1.29 is 9.53 Å². The van der Waals surface area contributed by atoms with Crippen molar-refractivity contribution in [3.8, 4) is 0 Å². The summed E-state index contributed by atoms with van der Waals surface area (Å²) in [6, 6.07) is 20.9. The van der Waals surface area contributed by atoms with Gasteiger partial charge in [-0.25, -0.2) is 0 Å². The molecule has 28 heavy (non-hydrogen) atoms. The molecule has 0 aromatic heterocycles. The van der Waals surface area contributed by atoms with Gasteiger partial charge in [-0.15, -0.1) is 0 Å². The molecule has 2 aromatic carbocycles. The Labute approximate surface area is 169 Å². The number of hydrogen-bond donors (Lipinski definition) is 0. The Balaban J connectivity index is 1.68. The van der Waals surface area contributed by atoms with Gasteiger partial charge < -0.3 is 14.5 Å². The van der Waals surface area contributed by atoms with Gasteiger partial charge in [0.1, 0.15) is 6.10 Å². The number of carbonyl (C=O) groups is 1. The van der Waals surface area contributed by atoms with Crippen LogP contribution in [0.2, 0.25) is 0 Å². The Hall–Kier alpha value is -2.17. The number of likely N-dealkylation sites (tertiary alicyclic amines) is 1. The van der Waals surface area contributed by atoms with Crippen molar-refractivity contribution >= 4 is 11.6 Å². The van der Waals surface area contributed by atoms with E-state index in [4.69, 9.17) is 4.74 Å². The molecule has 3 atom stereocenters. The smallest absolute Gasteiger partial charge is 0.256 e. The van der Waals surface area contributed by atoms with Crippen molar-refractivity contribution in [2.24, 2.45) is 5.92 Å². The lowest BCUT2D eigenvalue weighted by molar-refractivity contribution is -0.128. The molecule has 1 amide bonds. The highest BCUT2D eigenvalue weighted by atomic mass is 16.5. The molecule has 4 heteroatoms.